The topological polar surface area (TPSA) is 69.9 Å². The lowest BCUT2D eigenvalue weighted by molar-refractivity contribution is 0.453. The van der Waals surface area contributed by atoms with Gasteiger partial charge in [-0.1, -0.05) is 141 Å². The molecule has 0 unspecified atom stereocenters. The molecule has 56 heavy (non-hydrogen) atoms. The molecule has 0 heterocycles. The summed E-state index contributed by atoms with van der Waals surface area (Å²) in [4.78, 5) is 0. The third kappa shape index (κ3) is 6.85. The summed E-state index contributed by atoms with van der Waals surface area (Å²) >= 11 is 3.39. The minimum Gasteiger partial charge on any atom is -0.537 e. The van der Waals surface area contributed by atoms with Crippen LogP contribution in [0.3, 0.4) is 0 Å². The molecule has 8 aromatic carbocycles. The van der Waals surface area contributed by atoms with Crippen LogP contribution in [0, 0.1) is 0 Å². The standard InChI is InChI=1S/C25H20O.C15H14BO2.C10H7BrO/c1-25(2)23-6-4-3-5-21(23)22-12-10-19(15-24(22)25)16-7-8-18-14-20(26)11-9-17(18)13-16;1-15(2)13-6-4-3-5-11(13)12-8-7-10(18-16-17)9-14(12)15;11-9-3-1-8-6-10(12)4-2-7(8)5-9/h3-15,26H,1-2H3;3-9,17H,1-2H3;1-6,12H. The molecule has 4 nitrogen and oxygen atoms in total. The van der Waals surface area contributed by atoms with E-state index in [-0.39, 0.29) is 10.8 Å². The Bertz CT molecular complexity index is 2730. The molecule has 10 rings (SSSR count). The molecule has 0 saturated carbocycles. The molecule has 0 saturated heterocycles. The number of phenols is 2. The van der Waals surface area contributed by atoms with Gasteiger partial charge in [0, 0.05) is 15.3 Å². The Morgan fingerprint density at radius 1 is 0.446 bits per heavy atom. The molecule has 0 bridgehead atoms. The maximum Gasteiger partial charge on any atom is 0.569 e. The monoisotopic (exact) mass is 795 g/mol. The van der Waals surface area contributed by atoms with Crippen LogP contribution in [0.25, 0.3) is 54.9 Å². The average molecular weight is 797 g/mol. The highest BCUT2D eigenvalue weighted by atomic mass is 79.9. The summed E-state index contributed by atoms with van der Waals surface area (Å²) in [6, 6.07) is 53.2. The lowest BCUT2D eigenvalue weighted by Gasteiger charge is -2.22. The van der Waals surface area contributed by atoms with E-state index < -0.39 is 0 Å². The van der Waals surface area contributed by atoms with E-state index in [0.29, 0.717) is 17.2 Å². The van der Waals surface area contributed by atoms with Crippen molar-refractivity contribution >= 4 is 45.2 Å². The Morgan fingerprint density at radius 3 is 1.50 bits per heavy atom. The normalized spacial score (nSPS) is 13.6. The van der Waals surface area contributed by atoms with Crippen LogP contribution in [-0.2, 0) is 10.8 Å². The van der Waals surface area contributed by atoms with Crippen molar-refractivity contribution in [1.82, 2.24) is 0 Å². The summed E-state index contributed by atoms with van der Waals surface area (Å²) in [5.74, 6) is 1.28. The van der Waals surface area contributed by atoms with E-state index in [2.05, 4.69) is 135 Å². The van der Waals surface area contributed by atoms with Gasteiger partial charge in [0.05, 0.1) is 0 Å². The number of halogens is 1. The smallest absolute Gasteiger partial charge is 0.537 e. The quantitative estimate of drug-likeness (QED) is 0.156. The van der Waals surface area contributed by atoms with Gasteiger partial charge >= 0.3 is 7.69 Å². The number of benzene rings is 8. The van der Waals surface area contributed by atoms with Crippen LogP contribution < -0.4 is 4.65 Å². The van der Waals surface area contributed by atoms with Crippen LogP contribution in [0.2, 0.25) is 0 Å². The number of hydrogen-bond donors (Lipinski definition) is 3. The fraction of sp³-hybridized carbons (Fsp3) is 0.120. The second-order valence-corrected chi connectivity index (χ2v) is 16.4. The van der Waals surface area contributed by atoms with E-state index in [0.717, 1.165) is 33.7 Å². The average Bonchev–Trinajstić information content (AvgIpc) is 3.57. The molecule has 275 valence electrons. The van der Waals surface area contributed by atoms with E-state index in [9.17, 15) is 10.2 Å². The van der Waals surface area contributed by atoms with Gasteiger partial charge in [-0.15, -0.1) is 0 Å². The predicted molar refractivity (Wildman–Crippen MR) is 235 cm³/mol. The van der Waals surface area contributed by atoms with Crippen molar-refractivity contribution in [2.45, 2.75) is 38.5 Å². The highest BCUT2D eigenvalue weighted by Gasteiger charge is 2.36. The van der Waals surface area contributed by atoms with Gasteiger partial charge in [-0.25, -0.2) is 0 Å². The molecular weight excluding hydrogens is 755 g/mol. The zero-order chi connectivity index (χ0) is 39.2. The lowest BCUT2D eigenvalue weighted by atomic mass is 9.81. The maximum absolute atomic E-state index is 9.67. The van der Waals surface area contributed by atoms with Gasteiger partial charge in [-0.2, -0.15) is 0 Å². The number of aromatic hydroxyl groups is 2. The zero-order valence-corrected chi connectivity index (χ0v) is 33.3. The Kier molecular flexibility index (Phi) is 9.74. The van der Waals surface area contributed by atoms with Crippen molar-refractivity contribution in [3.05, 3.63) is 184 Å². The Labute approximate surface area is 337 Å². The zero-order valence-electron chi connectivity index (χ0n) is 31.7. The molecule has 1 radical (unpaired) electrons. The molecule has 8 aromatic rings. The van der Waals surface area contributed by atoms with Crippen molar-refractivity contribution in [3.63, 3.8) is 0 Å². The molecule has 3 N–H and O–H groups in total. The summed E-state index contributed by atoms with van der Waals surface area (Å²) in [6.45, 7) is 9.05. The summed E-state index contributed by atoms with van der Waals surface area (Å²) in [5, 5.41) is 32.0. The van der Waals surface area contributed by atoms with Crippen molar-refractivity contribution < 1.29 is 19.9 Å². The molecule has 0 atom stereocenters. The number of fused-ring (bicyclic) bond motifs is 8. The van der Waals surface area contributed by atoms with Crippen molar-refractivity contribution in [3.8, 4) is 50.6 Å². The maximum atomic E-state index is 9.67. The van der Waals surface area contributed by atoms with Gasteiger partial charge in [-0.3, -0.25) is 0 Å². The van der Waals surface area contributed by atoms with E-state index in [4.69, 9.17) is 9.68 Å². The van der Waals surface area contributed by atoms with Gasteiger partial charge in [0.2, 0.25) is 0 Å². The van der Waals surface area contributed by atoms with Gasteiger partial charge in [-0.05, 0) is 138 Å². The van der Waals surface area contributed by atoms with E-state index in [1.807, 2.05) is 48.5 Å². The molecule has 6 heteroatoms. The molecular formula is C50H41BBrO4. The van der Waals surface area contributed by atoms with Gasteiger partial charge in [0.25, 0.3) is 0 Å². The Morgan fingerprint density at radius 2 is 0.893 bits per heavy atom. The summed E-state index contributed by atoms with van der Waals surface area (Å²) in [5.41, 5.74) is 13.0. The van der Waals surface area contributed by atoms with Crippen LogP contribution in [-0.4, -0.2) is 22.9 Å². The number of phenolic OH excluding ortho intramolecular Hbond substituents is 2. The largest absolute Gasteiger partial charge is 0.569 e. The Hall–Kier alpha value is -5.82. The first-order valence-corrected chi connectivity index (χ1v) is 19.5. The minimum absolute atomic E-state index is 0.0184. The number of hydrogen-bond acceptors (Lipinski definition) is 4. The first-order chi connectivity index (χ1) is 26.9. The lowest BCUT2D eigenvalue weighted by Crippen LogP contribution is -2.15. The van der Waals surface area contributed by atoms with Crippen molar-refractivity contribution in [2.75, 3.05) is 0 Å². The fourth-order valence-corrected chi connectivity index (χ4v) is 8.70. The minimum atomic E-state index is -0.0270. The van der Waals surface area contributed by atoms with Crippen molar-refractivity contribution in [1.29, 1.82) is 0 Å². The van der Waals surface area contributed by atoms with Crippen LogP contribution in [0.5, 0.6) is 17.2 Å². The molecule has 2 aliphatic carbocycles. The third-order valence-electron chi connectivity index (χ3n) is 11.3. The van der Waals surface area contributed by atoms with Crippen LogP contribution in [0.4, 0.5) is 0 Å². The summed E-state index contributed by atoms with van der Waals surface area (Å²) in [6.07, 6.45) is 0. The van der Waals surface area contributed by atoms with Gasteiger partial charge in [0.1, 0.15) is 17.2 Å². The van der Waals surface area contributed by atoms with Gasteiger partial charge in [0.15, 0.2) is 0 Å². The molecule has 0 fully saturated rings. The molecule has 0 amide bonds. The molecule has 0 aromatic heterocycles. The summed E-state index contributed by atoms with van der Waals surface area (Å²) in [7, 11) is 0.719. The number of rotatable bonds is 3. The second-order valence-electron chi connectivity index (χ2n) is 15.5. The summed E-state index contributed by atoms with van der Waals surface area (Å²) < 4.78 is 6.11. The van der Waals surface area contributed by atoms with Crippen molar-refractivity contribution in [2.24, 2.45) is 0 Å². The molecule has 0 spiro atoms. The Balaban J connectivity index is 0.000000128. The van der Waals surface area contributed by atoms with Crippen LogP contribution in [0.15, 0.2) is 162 Å². The predicted octanol–water partition coefficient (Wildman–Crippen LogP) is 12.7. The highest BCUT2D eigenvalue weighted by Crippen LogP contribution is 2.50. The van der Waals surface area contributed by atoms with Gasteiger partial charge < -0.3 is 19.9 Å². The first kappa shape index (κ1) is 37.1. The SMILES string of the molecule is CC1(C)c2ccccc2-c2ccc(-c3ccc4cc(O)ccc4c3)cc21.CC1(C)c2ccccc2-c2ccc(O[B]O)cc21.Oc1ccc2cc(Br)ccc2c1. The highest BCUT2D eigenvalue weighted by molar-refractivity contribution is 9.10. The first-order valence-electron chi connectivity index (χ1n) is 18.7. The third-order valence-corrected chi connectivity index (χ3v) is 11.8. The van der Waals surface area contributed by atoms with E-state index in [1.54, 1.807) is 18.2 Å². The van der Waals surface area contributed by atoms with E-state index >= 15 is 0 Å². The van der Waals surface area contributed by atoms with Crippen LogP contribution in [0.1, 0.15) is 49.9 Å². The molecule has 0 aliphatic heterocycles. The fourth-order valence-electron chi connectivity index (χ4n) is 8.32. The molecule has 2 aliphatic rings. The van der Waals surface area contributed by atoms with E-state index in [1.165, 1.54) is 55.6 Å². The van der Waals surface area contributed by atoms with Crippen LogP contribution >= 0.6 is 15.9 Å². The second kappa shape index (κ2) is 14.7.